The first kappa shape index (κ1) is 16.7. The van der Waals surface area contributed by atoms with E-state index in [4.69, 9.17) is 5.73 Å². The number of amides is 1. The fourth-order valence-electron chi connectivity index (χ4n) is 2.30. The van der Waals surface area contributed by atoms with Crippen molar-refractivity contribution in [2.75, 3.05) is 5.32 Å². The van der Waals surface area contributed by atoms with E-state index in [2.05, 4.69) is 25.8 Å². The van der Waals surface area contributed by atoms with Crippen molar-refractivity contribution in [3.8, 4) is 0 Å². The van der Waals surface area contributed by atoms with Crippen LogP contribution in [0.2, 0.25) is 0 Å². The van der Waals surface area contributed by atoms with E-state index < -0.39 is 11.5 Å². The molecular formula is C16H19N7O2. The number of primary amides is 1. The second kappa shape index (κ2) is 6.36. The molecule has 9 heteroatoms. The number of nitrogens with two attached hydrogens (primary N) is 1. The first-order valence-corrected chi connectivity index (χ1v) is 7.65. The van der Waals surface area contributed by atoms with Crippen LogP contribution in [0.3, 0.4) is 0 Å². The summed E-state index contributed by atoms with van der Waals surface area (Å²) in [5, 5.41) is 27.6. The fourth-order valence-corrected chi connectivity index (χ4v) is 2.30. The van der Waals surface area contributed by atoms with Crippen LogP contribution in [-0.2, 0) is 12.1 Å². The number of rotatable bonds is 6. The second-order valence-electron chi connectivity index (χ2n) is 6.21. The van der Waals surface area contributed by atoms with Crippen molar-refractivity contribution >= 4 is 17.4 Å². The Morgan fingerprint density at radius 3 is 2.92 bits per heavy atom. The average Bonchev–Trinajstić information content (AvgIpc) is 3.16. The molecule has 5 N–H and O–H groups in total. The van der Waals surface area contributed by atoms with Crippen LogP contribution in [0.25, 0.3) is 0 Å². The Hall–Kier alpha value is -3.20. The lowest BCUT2D eigenvalue weighted by Gasteiger charge is -2.12. The van der Waals surface area contributed by atoms with Gasteiger partial charge in [-0.05, 0) is 31.5 Å². The van der Waals surface area contributed by atoms with Crippen molar-refractivity contribution in [1.29, 1.82) is 0 Å². The van der Waals surface area contributed by atoms with Gasteiger partial charge in [0, 0.05) is 5.69 Å². The SMILES string of the molecule is CC(C)(O)c1cn(Cc2cccc(Nc3[nH]ncc3C(N)=O)c2)nn1. The minimum absolute atomic E-state index is 0.288. The zero-order chi connectivity index (χ0) is 18.0. The molecule has 0 atom stereocenters. The van der Waals surface area contributed by atoms with Gasteiger partial charge in [0.15, 0.2) is 0 Å². The number of benzene rings is 1. The van der Waals surface area contributed by atoms with Gasteiger partial charge in [-0.15, -0.1) is 5.10 Å². The molecule has 0 unspecified atom stereocenters. The van der Waals surface area contributed by atoms with Gasteiger partial charge in [-0.3, -0.25) is 9.89 Å². The maximum absolute atomic E-state index is 11.3. The maximum atomic E-state index is 11.3. The van der Waals surface area contributed by atoms with Crippen LogP contribution in [-0.4, -0.2) is 36.2 Å². The molecule has 9 nitrogen and oxygen atoms in total. The summed E-state index contributed by atoms with van der Waals surface area (Å²) in [5.41, 5.74) is 6.80. The molecule has 2 heterocycles. The minimum atomic E-state index is -1.03. The number of carbonyl (C=O) groups is 1. The molecule has 2 aromatic heterocycles. The summed E-state index contributed by atoms with van der Waals surface area (Å²) in [4.78, 5) is 11.3. The molecule has 0 aliphatic rings. The molecule has 130 valence electrons. The third-order valence-corrected chi connectivity index (χ3v) is 3.61. The van der Waals surface area contributed by atoms with Crippen LogP contribution < -0.4 is 11.1 Å². The number of anilines is 2. The van der Waals surface area contributed by atoms with Gasteiger partial charge in [-0.2, -0.15) is 5.10 Å². The van der Waals surface area contributed by atoms with Gasteiger partial charge >= 0.3 is 0 Å². The summed E-state index contributed by atoms with van der Waals surface area (Å²) < 4.78 is 1.65. The number of carbonyl (C=O) groups excluding carboxylic acids is 1. The minimum Gasteiger partial charge on any atom is -0.384 e. The van der Waals surface area contributed by atoms with Crippen molar-refractivity contribution in [1.82, 2.24) is 25.2 Å². The van der Waals surface area contributed by atoms with E-state index >= 15 is 0 Å². The largest absolute Gasteiger partial charge is 0.384 e. The van der Waals surface area contributed by atoms with Crippen molar-refractivity contribution in [2.24, 2.45) is 5.73 Å². The van der Waals surface area contributed by atoms with Gasteiger partial charge in [0.05, 0.1) is 18.9 Å². The van der Waals surface area contributed by atoms with E-state index in [0.29, 0.717) is 18.1 Å². The zero-order valence-electron chi connectivity index (χ0n) is 13.9. The Morgan fingerprint density at radius 1 is 1.44 bits per heavy atom. The number of H-pyrrole nitrogens is 1. The first-order valence-electron chi connectivity index (χ1n) is 7.65. The van der Waals surface area contributed by atoms with Crippen molar-refractivity contribution in [2.45, 2.75) is 26.0 Å². The fraction of sp³-hybridized carbons (Fsp3) is 0.250. The Balaban J connectivity index is 1.76. The van der Waals surface area contributed by atoms with Gasteiger partial charge in [-0.25, -0.2) is 4.68 Å². The predicted molar refractivity (Wildman–Crippen MR) is 91.2 cm³/mol. The van der Waals surface area contributed by atoms with E-state index in [9.17, 15) is 9.90 Å². The van der Waals surface area contributed by atoms with Gasteiger partial charge in [0.25, 0.3) is 5.91 Å². The third-order valence-electron chi connectivity index (χ3n) is 3.61. The lowest BCUT2D eigenvalue weighted by Crippen LogP contribution is -2.15. The van der Waals surface area contributed by atoms with Gasteiger partial charge in [0.2, 0.25) is 0 Å². The van der Waals surface area contributed by atoms with Crippen LogP contribution in [0.15, 0.2) is 36.7 Å². The standard InChI is InChI=1S/C16H19N7O2/c1-16(2,25)13-9-23(22-20-13)8-10-4-3-5-11(6-10)19-15-12(14(17)24)7-18-21-15/h3-7,9,25H,8H2,1-2H3,(H2,17,24)(H2,18,19,21). The Kier molecular flexibility index (Phi) is 4.24. The molecule has 0 aliphatic carbocycles. The summed E-state index contributed by atoms with van der Waals surface area (Å²) in [6.07, 6.45) is 3.09. The normalized spacial score (nSPS) is 11.5. The van der Waals surface area contributed by atoms with E-state index in [0.717, 1.165) is 11.3 Å². The first-order chi connectivity index (χ1) is 11.8. The highest BCUT2D eigenvalue weighted by atomic mass is 16.3. The molecule has 1 amide bonds. The molecule has 1 aromatic carbocycles. The lowest BCUT2D eigenvalue weighted by molar-refractivity contribution is 0.0737. The molecule has 0 saturated heterocycles. The highest BCUT2D eigenvalue weighted by molar-refractivity contribution is 5.98. The van der Waals surface area contributed by atoms with Crippen LogP contribution >= 0.6 is 0 Å². The Morgan fingerprint density at radius 2 is 2.24 bits per heavy atom. The molecule has 0 radical (unpaired) electrons. The highest BCUT2D eigenvalue weighted by Gasteiger charge is 2.20. The van der Waals surface area contributed by atoms with Gasteiger partial charge in [-0.1, -0.05) is 17.3 Å². The summed E-state index contributed by atoms with van der Waals surface area (Å²) in [6.45, 7) is 3.81. The predicted octanol–water partition coefficient (Wildman–Crippen LogP) is 1.12. The smallest absolute Gasteiger partial charge is 0.254 e. The molecule has 0 aliphatic heterocycles. The highest BCUT2D eigenvalue weighted by Crippen LogP contribution is 2.20. The summed E-state index contributed by atoms with van der Waals surface area (Å²) in [6, 6.07) is 7.60. The molecule has 0 bridgehead atoms. The number of nitrogens with one attached hydrogen (secondary N) is 2. The van der Waals surface area contributed by atoms with Crippen molar-refractivity contribution in [3.63, 3.8) is 0 Å². The van der Waals surface area contributed by atoms with E-state index in [-0.39, 0.29) is 5.56 Å². The quantitative estimate of drug-likeness (QED) is 0.530. The van der Waals surface area contributed by atoms with Gasteiger partial charge < -0.3 is 16.2 Å². The van der Waals surface area contributed by atoms with Crippen molar-refractivity contribution < 1.29 is 9.90 Å². The number of hydrogen-bond acceptors (Lipinski definition) is 6. The van der Waals surface area contributed by atoms with E-state index in [1.54, 1.807) is 24.7 Å². The number of aromatic amines is 1. The number of aromatic nitrogens is 5. The van der Waals surface area contributed by atoms with Crippen LogP contribution in [0, 0.1) is 0 Å². The van der Waals surface area contributed by atoms with E-state index in [1.165, 1.54) is 6.20 Å². The Bertz CT molecular complexity index is 892. The molecule has 3 rings (SSSR count). The molecule has 0 spiro atoms. The number of nitrogens with zero attached hydrogens (tertiary/aromatic N) is 4. The molecular weight excluding hydrogens is 322 g/mol. The monoisotopic (exact) mass is 341 g/mol. The summed E-state index contributed by atoms with van der Waals surface area (Å²) in [7, 11) is 0. The second-order valence-corrected chi connectivity index (χ2v) is 6.21. The average molecular weight is 341 g/mol. The van der Waals surface area contributed by atoms with Crippen LogP contribution in [0.4, 0.5) is 11.5 Å². The molecule has 25 heavy (non-hydrogen) atoms. The maximum Gasteiger partial charge on any atom is 0.254 e. The molecule has 3 aromatic rings. The number of aliphatic hydroxyl groups is 1. The molecule has 0 saturated carbocycles. The molecule has 0 fully saturated rings. The van der Waals surface area contributed by atoms with Crippen LogP contribution in [0.1, 0.15) is 35.5 Å². The number of hydrogen-bond donors (Lipinski definition) is 4. The third kappa shape index (κ3) is 3.83. The summed E-state index contributed by atoms with van der Waals surface area (Å²) >= 11 is 0. The van der Waals surface area contributed by atoms with Crippen molar-refractivity contribution in [3.05, 3.63) is 53.5 Å². The Labute approximate surface area is 143 Å². The van der Waals surface area contributed by atoms with Gasteiger partial charge in [0.1, 0.15) is 22.7 Å². The lowest BCUT2D eigenvalue weighted by atomic mass is 10.1. The van der Waals surface area contributed by atoms with E-state index in [1.807, 2.05) is 24.3 Å². The van der Waals surface area contributed by atoms with Crippen LogP contribution in [0.5, 0.6) is 0 Å². The zero-order valence-corrected chi connectivity index (χ0v) is 13.9. The summed E-state index contributed by atoms with van der Waals surface area (Å²) in [5.74, 6) is -0.121. The topological polar surface area (TPSA) is 135 Å².